The van der Waals surface area contributed by atoms with Gasteiger partial charge in [-0.15, -0.1) is 11.3 Å². The van der Waals surface area contributed by atoms with Crippen molar-refractivity contribution in [1.82, 2.24) is 9.88 Å². The van der Waals surface area contributed by atoms with Crippen LogP contribution in [0.4, 0.5) is 5.82 Å². The van der Waals surface area contributed by atoms with Crippen LogP contribution in [0.5, 0.6) is 0 Å². The summed E-state index contributed by atoms with van der Waals surface area (Å²) in [6.07, 6.45) is 1.81. The second-order valence-electron chi connectivity index (χ2n) is 3.97. The maximum absolute atomic E-state index is 5.90. The monoisotopic (exact) mass is 267 g/mol. The summed E-state index contributed by atoms with van der Waals surface area (Å²) in [4.78, 5) is 7.56. The molecule has 2 aromatic rings. The van der Waals surface area contributed by atoms with Gasteiger partial charge in [0.15, 0.2) is 0 Å². The Morgan fingerprint density at radius 3 is 2.71 bits per heavy atom. The Morgan fingerprint density at radius 1 is 1.29 bits per heavy atom. The van der Waals surface area contributed by atoms with Gasteiger partial charge in [0, 0.05) is 24.2 Å². The smallest absolute Gasteiger partial charge is 0.123 e. The van der Waals surface area contributed by atoms with Gasteiger partial charge in [0.1, 0.15) is 5.82 Å². The molecule has 2 N–H and O–H groups in total. The van der Waals surface area contributed by atoms with Crippen LogP contribution in [0.2, 0.25) is 4.34 Å². The number of rotatable bonds is 4. The first-order valence-electron chi connectivity index (χ1n) is 5.26. The maximum Gasteiger partial charge on any atom is 0.123 e. The van der Waals surface area contributed by atoms with Gasteiger partial charge in [0.05, 0.1) is 4.34 Å². The molecule has 17 heavy (non-hydrogen) atoms. The quantitative estimate of drug-likeness (QED) is 0.926. The highest BCUT2D eigenvalue weighted by Gasteiger charge is 2.04. The van der Waals surface area contributed by atoms with Crippen molar-refractivity contribution in [2.24, 2.45) is 0 Å². The van der Waals surface area contributed by atoms with E-state index in [0.717, 1.165) is 23.0 Å². The molecule has 5 heteroatoms. The van der Waals surface area contributed by atoms with Crippen molar-refractivity contribution >= 4 is 28.8 Å². The Bertz CT molecular complexity index is 481. The summed E-state index contributed by atoms with van der Waals surface area (Å²) in [6.45, 7) is 1.74. The third-order valence-electron chi connectivity index (χ3n) is 2.35. The van der Waals surface area contributed by atoms with E-state index in [1.807, 2.05) is 24.4 Å². The molecule has 2 heterocycles. The predicted octanol–water partition coefficient (Wildman–Crippen LogP) is 3.01. The topological polar surface area (TPSA) is 42.1 Å². The molecular weight excluding hydrogens is 254 g/mol. The summed E-state index contributed by atoms with van der Waals surface area (Å²) >= 11 is 7.51. The molecule has 0 aliphatic heterocycles. The van der Waals surface area contributed by atoms with Crippen LogP contribution in [-0.4, -0.2) is 16.9 Å². The molecule has 2 aromatic heterocycles. The number of nitrogen functional groups attached to an aromatic ring is 1. The van der Waals surface area contributed by atoms with E-state index in [4.69, 9.17) is 17.3 Å². The van der Waals surface area contributed by atoms with E-state index in [9.17, 15) is 0 Å². The summed E-state index contributed by atoms with van der Waals surface area (Å²) in [5.41, 5.74) is 6.70. The molecule has 3 nitrogen and oxygen atoms in total. The third kappa shape index (κ3) is 3.70. The fraction of sp³-hybridized carbons (Fsp3) is 0.250. The molecule has 90 valence electrons. The van der Waals surface area contributed by atoms with E-state index >= 15 is 0 Å². The lowest BCUT2D eigenvalue weighted by molar-refractivity contribution is 0.321. The van der Waals surface area contributed by atoms with Gasteiger partial charge in [0.25, 0.3) is 0 Å². The van der Waals surface area contributed by atoms with E-state index in [1.165, 1.54) is 4.88 Å². The normalized spacial score (nSPS) is 11.0. The third-order valence-corrected chi connectivity index (χ3v) is 3.57. The zero-order valence-corrected chi connectivity index (χ0v) is 11.1. The lowest BCUT2D eigenvalue weighted by Crippen LogP contribution is -2.16. The van der Waals surface area contributed by atoms with Crippen molar-refractivity contribution in [2.45, 2.75) is 13.1 Å². The number of hydrogen-bond acceptors (Lipinski definition) is 4. The summed E-state index contributed by atoms with van der Waals surface area (Å²) < 4.78 is 0.836. The minimum absolute atomic E-state index is 0.557. The molecular formula is C12H14ClN3S. The average Bonchev–Trinajstić information content (AvgIpc) is 2.67. The van der Waals surface area contributed by atoms with Crippen molar-refractivity contribution in [3.8, 4) is 0 Å². The molecule has 0 atom stereocenters. The SMILES string of the molecule is CN(Cc1ccc(N)nc1)Cc1ccc(Cl)s1. The molecule has 0 saturated heterocycles. The highest BCUT2D eigenvalue weighted by molar-refractivity contribution is 7.16. The molecule has 2 rings (SSSR count). The van der Waals surface area contributed by atoms with Crippen LogP contribution < -0.4 is 5.73 Å². The number of nitrogens with two attached hydrogens (primary N) is 1. The Morgan fingerprint density at radius 2 is 2.12 bits per heavy atom. The van der Waals surface area contributed by atoms with E-state index in [1.54, 1.807) is 11.3 Å². The van der Waals surface area contributed by atoms with Crippen molar-refractivity contribution in [3.63, 3.8) is 0 Å². The number of aromatic nitrogens is 1. The molecule has 0 aliphatic carbocycles. The highest BCUT2D eigenvalue weighted by atomic mass is 35.5. The Labute approximate surface area is 110 Å². The van der Waals surface area contributed by atoms with Gasteiger partial charge in [0.2, 0.25) is 0 Å². The summed E-state index contributed by atoms with van der Waals surface area (Å²) in [6, 6.07) is 7.82. The minimum Gasteiger partial charge on any atom is -0.384 e. The van der Waals surface area contributed by atoms with E-state index in [0.29, 0.717) is 5.82 Å². The predicted molar refractivity (Wildman–Crippen MR) is 73.1 cm³/mol. The number of pyridine rings is 1. The second kappa shape index (κ2) is 5.49. The number of halogens is 1. The lowest BCUT2D eigenvalue weighted by atomic mass is 10.2. The van der Waals surface area contributed by atoms with Crippen LogP contribution in [0.1, 0.15) is 10.4 Å². The van der Waals surface area contributed by atoms with Gasteiger partial charge >= 0.3 is 0 Å². The number of nitrogens with zero attached hydrogens (tertiary/aromatic N) is 2. The fourth-order valence-electron chi connectivity index (χ4n) is 1.60. The van der Waals surface area contributed by atoms with Crippen LogP contribution >= 0.6 is 22.9 Å². The summed E-state index contributed by atoms with van der Waals surface area (Å²) in [5, 5.41) is 0. The van der Waals surface area contributed by atoms with Crippen molar-refractivity contribution in [1.29, 1.82) is 0 Å². The number of hydrogen-bond donors (Lipinski definition) is 1. The average molecular weight is 268 g/mol. The van der Waals surface area contributed by atoms with Crippen LogP contribution in [0.3, 0.4) is 0 Å². The fourth-order valence-corrected chi connectivity index (χ4v) is 2.77. The first-order valence-corrected chi connectivity index (χ1v) is 6.46. The molecule has 0 aromatic carbocycles. The van der Waals surface area contributed by atoms with E-state index in [-0.39, 0.29) is 0 Å². The van der Waals surface area contributed by atoms with Crippen LogP contribution in [0.25, 0.3) is 0 Å². The van der Waals surface area contributed by atoms with Gasteiger partial charge in [-0.25, -0.2) is 4.98 Å². The van der Waals surface area contributed by atoms with Gasteiger partial charge in [-0.2, -0.15) is 0 Å². The molecule has 0 fully saturated rings. The Balaban J connectivity index is 1.93. The van der Waals surface area contributed by atoms with Crippen molar-refractivity contribution in [2.75, 3.05) is 12.8 Å². The van der Waals surface area contributed by atoms with Crippen molar-refractivity contribution < 1.29 is 0 Å². The Hall–Kier alpha value is -1.10. The minimum atomic E-state index is 0.557. The maximum atomic E-state index is 5.90. The van der Waals surface area contributed by atoms with E-state index in [2.05, 4.69) is 23.0 Å². The van der Waals surface area contributed by atoms with Gasteiger partial charge in [-0.05, 0) is 30.8 Å². The highest BCUT2D eigenvalue weighted by Crippen LogP contribution is 2.22. The lowest BCUT2D eigenvalue weighted by Gasteiger charge is -2.15. The summed E-state index contributed by atoms with van der Waals surface area (Å²) in [5.74, 6) is 0.557. The van der Waals surface area contributed by atoms with Crippen LogP contribution in [0.15, 0.2) is 30.5 Å². The molecule has 0 unspecified atom stereocenters. The Kier molecular flexibility index (Phi) is 3.99. The van der Waals surface area contributed by atoms with Crippen LogP contribution in [0, 0.1) is 0 Å². The van der Waals surface area contributed by atoms with Gasteiger partial charge < -0.3 is 5.73 Å². The largest absolute Gasteiger partial charge is 0.384 e. The molecule has 0 amide bonds. The van der Waals surface area contributed by atoms with Crippen LogP contribution in [-0.2, 0) is 13.1 Å². The molecule has 0 bridgehead atoms. The number of thiophene rings is 1. The van der Waals surface area contributed by atoms with Crippen molar-refractivity contribution in [3.05, 3.63) is 45.2 Å². The summed E-state index contributed by atoms with van der Waals surface area (Å²) in [7, 11) is 2.07. The standard InChI is InChI=1S/C12H14ClN3S/c1-16(8-10-3-4-11(13)17-10)7-9-2-5-12(14)15-6-9/h2-6H,7-8H2,1H3,(H2,14,15). The van der Waals surface area contributed by atoms with Gasteiger partial charge in [-0.3, -0.25) is 4.90 Å². The zero-order chi connectivity index (χ0) is 12.3. The first-order chi connectivity index (χ1) is 8.13. The first kappa shape index (κ1) is 12.4. The molecule has 0 saturated carbocycles. The number of anilines is 1. The van der Waals surface area contributed by atoms with Gasteiger partial charge in [-0.1, -0.05) is 17.7 Å². The molecule has 0 aliphatic rings. The zero-order valence-electron chi connectivity index (χ0n) is 9.56. The second-order valence-corrected chi connectivity index (χ2v) is 5.77. The van der Waals surface area contributed by atoms with E-state index < -0.39 is 0 Å². The molecule has 0 radical (unpaired) electrons. The molecule has 0 spiro atoms.